The van der Waals surface area contributed by atoms with Gasteiger partial charge in [0.15, 0.2) is 0 Å². The molecule has 0 aliphatic carbocycles. The van der Waals surface area contributed by atoms with Gasteiger partial charge in [-0.15, -0.1) is 0 Å². The van der Waals surface area contributed by atoms with Crippen LogP contribution >= 0.6 is 0 Å². The first-order valence-corrected chi connectivity index (χ1v) is 7.77. The number of rotatable bonds is 7. The van der Waals surface area contributed by atoms with Crippen LogP contribution in [-0.4, -0.2) is 20.7 Å². The topological polar surface area (TPSA) is 24.5 Å². The molecule has 0 saturated carbocycles. The van der Waals surface area contributed by atoms with E-state index >= 15 is 0 Å². The Morgan fingerprint density at radius 2 is 1.59 bits per heavy atom. The molecule has 3 heteroatoms. The van der Waals surface area contributed by atoms with Crippen molar-refractivity contribution in [3.8, 4) is 5.75 Å². The molecule has 2 aromatic rings. The number of benzene rings is 2. The monoisotopic (exact) mass is 298 g/mol. The molecular weight excluding hydrogens is 272 g/mol. The molecule has 3 nitrogen and oxygen atoms in total. The van der Waals surface area contributed by atoms with Crippen LogP contribution in [0.2, 0.25) is 0 Å². The molecule has 2 rings (SSSR count). The van der Waals surface area contributed by atoms with Crippen molar-refractivity contribution in [3.63, 3.8) is 0 Å². The molecule has 0 aliphatic rings. The summed E-state index contributed by atoms with van der Waals surface area (Å²) in [7, 11) is 4.09. The number of hydrogen-bond acceptors (Lipinski definition) is 3. The van der Waals surface area contributed by atoms with Crippen LogP contribution in [-0.2, 0) is 6.54 Å². The fourth-order valence-corrected chi connectivity index (χ4v) is 2.05. The fraction of sp³-hybridized carbons (Fsp3) is 0.368. The Labute approximate surface area is 133 Å². The second-order valence-corrected chi connectivity index (χ2v) is 6.14. The molecule has 0 heterocycles. The van der Waals surface area contributed by atoms with Crippen molar-refractivity contribution < 1.29 is 4.74 Å². The van der Waals surface area contributed by atoms with Crippen molar-refractivity contribution in [3.05, 3.63) is 54.1 Å². The average molecular weight is 298 g/mol. The van der Waals surface area contributed by atoms with Gasteiger partial charge in [-0.05, 0) is 47.9 Å². The third-order valence-electron chi connectivity index (χ3n) is 3.39. The SMILES string of the molecule is CC(C)COc1ccc(CNc2ccc(N(C)C)cc2)cc1. The molecule has 0 spiro atoms. The van der Waals surface area contributed by atoms with Crippen LogP contribution < -0.4 is 15.0 Å². The lowest BCUT2D eigenvalue weighted by molar-refractivity contribution is 0.271. The van der Waals surface area contributed by atoms with Crippen LogP contribution in [0.5, 0.6) is 5.75 Å². The van der Waals surface area contributed by atoms with Crippen molar-refractivity contribution >= 4 is 11.4 Å². The zero-order valence-electron chi connectivity index (χ0n) is 14.0. The lowest BCUT2D eigenvalue weighted by atomic mass is 10.2. The Morgan fingerprint density at radius 3 is 2.14 bits per heavy atom. The third-order valence-corrected chi connectivity index (χ3v) is 3.39. The summed E-state index contributed by atoms with van der Waals surface area (Å²) in [5, 5.41) is 3.44. The van der Waals surface area contributed by atoms with E-state index in [0.29, 0.717) is 5.92 Å². The van der Waals surface area contributed by atoms with E-state index in [0.717, 1.165) is 24.6 Å². The van der Waals surface area contributed by atoms with E-state index in [1.165, 1.54) is 11.3 Å². The van der Waals surface area contributed by atoms with E-state index in [9.17, 15) is 0 Å². The maximum Gasteiger partial charge on any atom is 0.119 e. The molecule has 0 fully saturated rings. The van der Waals surface area contributed by atoms with E-state index in [4.69, 9.17) is 4.74 Å². The standard InChI is InChI=1S/C19H26N2O/c1-15(2)14-22-19-11-5-16(6-12-19)13-20-17-7-9-18(10-8-17)21(3)4/h5-12,15,20H,13-14H2,1-4H3. The van der Waals surface area contributed by atoms with Gasteiger partial charge in [-0.1, -0.05) is 26.0 Å². The zero-order valence-corrected chi connectivity index (χ0v) is 14.0. The minimum absolute atomic E-state index is 0.548. The minimum atomic E-state index is 0.548. The Hall–Kier alpha value is -2.16. The predicted molar refractivity (Wildman–Crippen MR) is 94.9 cm³/mol. The molecule has 22 heavy (non-hydrogen) atoms. The fourth-order valence-electron chi connectivity index (χ4n) is 2.05. The molecule has 0 atom stereocenters. The zero-order chi connectivity index (χ0) is 15.9. The molecule has 1 N–H and O–H groups in total. The van der Waals surface area contributed by atoms with Crippen LogP contribution in [0.1, 0.15) is 19.4 Å². The summed E-state index contributed by atoms with van der Waals surface area (Å²) in [6.07, 6.45) is 0. The molecule has 0 radical (unpaired) electrons. The molecule has 118 valence electrons. The van der Waals surface area contributed by atoms with Gasteiger partial charge in [0.1, 0.15) is 5.75 Å². The van der Waals surface area contributed by atoms with Crippen LogP contribution in [0.4, 0.5) is 11.4 Å². The van der Waals surface area contributed by atoms with Crippen molar-refractivity contribution in [2.75, 3.05) is 30.9 Å². The second kappa shape index (κ2) is 7.74. The summed E-state index contributed by atoms with van der Waals surface area (Å²) in [5.74, 6) is 1.49. The molecule has 0 saturated heterocycles. The van der Waals surface area contributed by atoms with E-state index < -0.39 is 0 Å². The number of anilines is 2. The van der Waals surface area contributed by atoms with Gasteiger partial charge in [0.25, 0.3) is 0 Å². The normalized spacial score (nSPS) is 10.6. The van der Waals surface area contributed by atoms with E-state index in [1.807, 2.05) is 26.2 Å². The highest BCUT2D eigenvalue weighted by Gasteiger charge is 1.99. The van der Waals surface area contributed by atoms with Gasteiger partial charge in [0, 0.05) is 32.0 Å². The summed E-state index contributed by atoms with van der Waals surface area (Å²) in [5.41, 5.74) is 3.58. The average Bonchev–Trinajstić information content (AvgIpc) is 2.52. The van der Waals surface area contributed by atoms with Crippen molar-refractivity contribution in [2.24, 2.45) is 5.92 Å². The number of ether oxygens (including phenoxy) is 1. The first-order chi connectivity index (χ1) is 10.5. The number of nitrogens with zero attached hydrogens (tertiary/aromatic N) is 1. The summed E-state index contributed by atoms with van der Waals surface area (Å²) in [6.45, 7) is 5.88. The number of nitrogens with one attached hydrogen (secondary N) is 1. The highest BCUT2D eigenvalue weighted by molar-refractivity contribution is 5.54. The molecular formula is C19H26N2O. The highest BCUT2D eigenvalue weighted by atomic mass is 16.5. The van der Waals surface area contributed by atoms with Gasteiger partial charge in [-0.3, -0.25) is 0 Å². The van der Waals surface area contributed by atoms with Crippen molar-refractivity contribution in [1.29, 1.82) is 0 Å². The van der Waals surface area contributed by atoms with E-state index in [1.54, 1.807) is 0 Å². The molecule has 0 aromatic heterocycles. The molecule has 0 bridgehead atoms. The first-order valence-electron chi connectivity index (χ1n) is 7.77. The molecule has 0 aliphatic heterocycles. The maximum atomic E-state index is 5.70. The van der Waals surface area contributed by atoms with Crippen LogP contribution in [0.3, 0.4) is 0 Å². The summed E-state index contributed by atoms with van der Waals surface area (Å²) < 4.78 is 5.70. The van der Waals surface area contributed by atoms with E-state index in [-0.39, 0.29) is 0 Å². The van der Waals surface area contributed by atoms with Crippen LogP contribution in [0.25, 0.3) is 0 Å². The summed E-state index contributed by atoms with van der Waals surface area (Å²) >= 11 is 0. The quantitative estimate of drug-likeness (QED) is 0.820. The van der Waals surface area contributed by atoms with Gasteiger partial charge < -0.3 is 15.0 Å². The summed E-state index contributed by atoms with van der Waals surface area (Å²) in [4.78, 5) is 2.10. The first kappa shape index (κ1) is 16.2. The van der Waals surface area contributed by atoms with Gasteiger partial charge in [0.05, 0.1) is 6.61 Å². The maximum absolute atomic E-state index is 5.70. The molecule has 0 amide bonds. The minimum Gasteiger partial charge on any atom is -0.493 e. The highest BCUT2D eigenvalue weighted by Crippen LogP contribution is 2.17. The Balaban J connectivity index is 1.86. The van der Waals surface area contributed by atoms with Crippen molar-refractivity contribution in [2.45, 2.75) is 20.4 Å². The van der Waals surface area contributed by atoms with E-state index in [2.05, 4.69) is 60.5 Å². The van der Waals surface area contributed by atoms with Gasteiger partial charge in [0.2, 0.25) is 0 Å². The largest absolute Gasteiger partial charge is 0.493 e. The lowest BCUT2D eigenvalue weighted by Gasteiger charge is -2.13. The lowest BCUT2D eigenvalue weighted by Crippen LogP contribution is -2.08. The Morgan fingerprint density at radius 1 is 0.955 bits per heavy atom. The van der Waals surface area contributed by atoms with Gasteiger partial charge in [-0.25, -0.2) is 0 Å². The Bertz CT molecular complexity index is 559. The molecule has 0 unspecified atom stereocenters. The Kier molecular flexibility index (Phi) is 5.70. The second-order valence-electron chi connectivity index (χ2n) is 6.14. The van der Waals surface area contributed by atoms with Gasteiger partial charge in [-0.2, -0.15) is 0 Å². The van der Waals surface area contributed by atoms with Crippen molar-refractivity contribution in [1.82, 2.24) is 0 Å². The smallest absolute Gasteiger partial charge is 0.119 e. The molecule has 2 aromatic carbocycles. The van der Waals surface area contributed by atoms with Crippen LogP contribution in [0, 0.1) is 5.92 Å². The third kappa shape index (κ3) is 4.99. The number of hydrogen-bond donors (Lipinski definition) is 1. The van der Waals surface area contributed by atoms with Gasteiger partial charge >= 0.3 is 0 Å². The van der Waals surface area contributed by atoms with Crippen LogP contribution in [0.15, 0.2) is 48.5 Å². The summed E-state index contributed by atoms with van der Waals surface area (Å²) in [6, 6.07) is 16.7. The predicted octanol–water partition coefficient (Wildman–Crippen LogP) is 4.40.